The van der Waals surface area contributed by atoms with Crippen molar-refractivity contribution in [3.63, 3.8) is 0 Å². The summed E-state index contributed by atoms with van der Waals surface area (Å²) in [5.41, 5.74) is 12.7. The number of rotatable bonds is 1. The van der Waals surface area contributed by atoms with Crippen LogP contribution in [0.3, 0.4) is 0 Å². The quantitative estimate of drug-likeness (QED) is 0.695. The van der Waals surface area contributed by atoms with Gasteiger partial charge in [-0.15, -0.1) is 12.4 Å². The fraction of sp³-hybridized carbons (Fsp3) is 0.200. The molecule has 2 N–H and O–H groups in total. The highest BCUT2D eigenvalue weighted by atomic mass is 35.5. The van der Waals surface area contributed by atoms with E-state index >= 15 is 0 Å². The van der Waals surface area contributed by atoms with Crippen molar-refractivity contribution in [2.24, 2.45) is 5.73 Å². The van der Waals surface area contributed by atoms with Crippen molar-refractivity contribution in [1.29, 1.82) is 0 Å². The topological polar surface area (TPSA) is 26.0 Å². The molecule has 88 valence electrons. The molecule has 0 aliphatic heterocycles. The molecule has 0 aromatic heterocycles. The summed E-state index contributed by atoms with van der Waals surface area (Å²) in [6.45, 7) is 2.03. The van der Waals surface area contributed by atoms with E-state index in [-0.39, 0.29) is 18.4 Å². The molecular formula is C15H16ClN. The third kappa shape index (κ3) is 1.97. The Morgan fingerprint density at radius 3 is 2.47 bits per heavy atom. The van der Waals surface area contributed by atoms with Crippen LogP contribution in [0.15, 0.2) is 42.5 Å². The van der Waals surface area contributed by atoms with Crippen molar-refractivity contribution >= 4 is 12.4 Å². The van der Waals surface area contributed by atoms with Crippen LogP contribution in [0.25, 0.3) is 11.1 Å². The highest BCUT2D eigenvalue weighted by Crippen LogP contribution is 2.37. The average Bonchev–Trinajstić information content (AvgIpc) is 2.66. The van der Waals surface area contributed by atoms with Gasteiger partial charge in [0.1, 0.15) is 0 Å². The Labute approximate surface area is 108 Å². The second kappa shape index (κ2) is 4.52. The Morgan fingerprint density at radius 1 is 1.00 bits per heavy atom. The van der Waals surface area contributed by atoms with Crippen LogP contribution < -0.4 is 5.73 Å². The van der Waals surface area contributed by atoms with Crippen molar-refractivity contribution in [3.8, 4) is 11.1 Å². The van der Waals surface area contributed by atoms with E-state index in [0.29, 0.717) is 0 Å². The predicted octanol–water partition coefficient (Wildman–Crippen LogP) is 3.70. The van der Waals surface area contributed by atoms with Gasteiger partial charge in [0.2, 0.25) is 0 Å². The van der Waals surface area contributed by atoms with Crippen LogP contribution in [-0.4, -0.2) is 0 Å². The van der Waals surface area contributed by atoms with Crippen LogP contribution in [0.2, 0.25) is 0 Å². The third-order valence-electron chi connectivity index (χ3n) is 3.34. The number of fused-ring (bicyclic) bond motifs is 3. The Balaban J connectivity index is 0.00000108. The summed E-state index contributed by atoms with van der Waals surface area (Å²) >= 11 is 0. The Bertz CT molecular complexity index is 546. The first-order valence-corrected chi connectivity index (χ1v) is 5.72. The van der Waals surface area contributed by atoms with Crippen molar-refractivity contribution in [3.05, 3.63) is 59.2 Å². The van der Waals surface area contributed by atoms with Crippen LogP contribution in [0.5, 0.6) is 0 Å². The SMILES string of the molecule is C[C@@H](N)c1ccc2c(c1)Cc1ccccc1-2.Cl. The van der Waals surface area contributed by atoms with Crippen molar-refractivity contribution in [2.45, 2.75) is 19.4 Å². The minimum atomic E-state index is 0. The van der Waals surface area contributed by atoms with Gasteiger partial charge in [0.25, 0.3) is 0 Å². The van der Waals surface area contributed by atoms with Gasteiger partial charge in [-0.25, -0.2) is 0 Å². The lowest BCUT2D eigenvalue weighted by atomic mass is 10.0. The second-order valence-electron chi connectivity index (χ2n) is 4.54. The Morgan fingerprint density at radius 2 is 1.71 bits per heavy atom. The normalized spacial score (nSPS) is 13.5. The minimum absolute atomic E-state index is 0. The molecule has 17 heavy (non-hydrogen) atoms. The van der Waals surface area contributed by atoms with Crippen LogP contribution in [0, 0.1) is 0 Å². The lowest BCUT2D eigenvalue weighted by Crippen LogP contribution is -2.05. The highest BCUT2D eigenvalue weighted by molar-refractivity contribution is 5.85. The van der Waals surface area contributed by atoms with E-state index in [1.165, 1.54) is 27.8 Å². The van der Waals surface area contributed by atoms with E-state index in [2.05, 4.69) is 42.5 Å². The molecule has 1 aliphatic rings. The number of hydrogen-bond donors (Lipinski definition) is 1. The maximum atomic E-state index is 5.91. The van der Waals surface area contributed by atoms with E-state index in [0.717, 1.165) is 6.42 Å². The molecule has 0 radical (unpaired) electrons. The molecule has 2 aromatic rings. The number of benzene rings is 2. The largest absolute Gasteiger partial charge is 0.324 e. The third-order valence-corrected chi connectivity index (χ3v) is 3.34. The first-order chi connectivity index (χ1) is 7.75. The molecule has 0 fully saturated rings. The van der Waals surface area contributed by atoms with Gasteiger partial charge in [-0.2, -0.15) is 0 Å². The van der Waals surface area contributed by atoms with E-state index < -0.39 is 0 Å². The summed E-state index contributed by atoms with van der Waals surface area (Å²) < 4.78 is 0. The van der Waals surface area contributed by atoms with Crippen molar-refractivity contribution in [1.82, 2.24) is 0 Å². The molecule has 1 aliphatic carbocycles. The number of nitrogens with two attached hydrogens (primary N) is 1. The summed E-state index contributed by atoms with van der Waals surface area (Å²) in [4.78, 5) is 0. The molecule has 0 unspecified atom stereocenters. The van der Waals surface area contributed by atoms with Crippen molar-refractivity contribution in [2.75, 3.05) is 0 Å². The molecule has 0 heterocycles. The Hall–Kier alpha value is -1.31. The van der Waals surface area contributed by atoms with Crippen LogP contribution in [0.4, 0.5) is 0 Å². The molecule has 0 spiro atoms. The molecule has 3 rings (SSSR count). The van der Waals surface area contributed by atoms with E-state index in [9.17, 15) is 0 Å². The first kappa shape index (κ1) is 12.2. The molecule has 0 amide bonds. The molecule has 0 bridgehead atoms. The first-order valence-electron chi connectivity index (χ1n) is 5.72. The van der Waals surface area contributed by atoms with Gasteiger partial charge in [0.05, 0.1) is 0 Å². The van der Waals surface area contributed by atoms with Gasteiger partial charge in [-0.1, -0.05) is 42.5 Å². The fourth-order valence-electron chi connectivity index (χ4n) is 2.45. The summed E-state index contributed by atoms with van der Waals surface area (Å²) in [6.07, 6.45) is 1.05. The van der Waals surface area contributed by atoms with Gasteiger partial charge in [0, 0.05) is 6.04 Å². The number of hydrogen-bond acceptors (Lipinski definition) is 1. The van der Waals surface area contributed by atoms with E-state index in [1.54, 1.807) is 0 Å². The zero-order valence-corrected chi connectivity index (χ0v) is 10.6. The predicted molar refractivity (Wildman–Crippen MR) is 74.5 cm³/mol. The standard InChI is InChI=1S/C15H15N.ClH/c1-10(16)11-6-7-15-13(8-11)9-12-4-2-3-5-14(12)15;/h2-8,10H,9,16H2,1H3;1H/t10-;/m1./s1. The zero-order valence-electron chi connectivity index (χ0n) is 9.81. The highest BCUT2D eigenvalue weighted by Gasteiger charge is 2.18. The molecule has 0 saturated carbocycles. The van der Waals surface area contributed by atoms with Crippen LogP contribution in [0.1, 0.15) is 29.7 Å². The van der Waals surface area contributed by atoms with Gasteiger partial charge in [-0.3, -0.25) is 0 Å². The lowest BCUT2D eigenvalue weighted by Gasteiger charge is -2.08. The molecule has 0 saturated heterocycles. The fourth-order valence-corrected chi connectivity index (χ4v) is 2.45. The molecule has 1 nitrogen and oxygen atoms in total. The molecular weight excluding hydrogens is 230 g/mol. The van der Waals surface area contributed by atoms with Gasteiger partial charge >= 0.3 is 0 Å². The summed E-state index contributed by atoms with van der Waals surface area (Å²) in [5, 5.41) is 0. The van der Waals surface area contributed by atoms with E-state index in [4.69, 9.17) is 5.73 Å². The molecule has 2 aromatic carbocycles. The Kier molecular flexibility index (Phi) is 3.23. The average molecular weight is 246 g/mol. The summed E-state index contributed by atoms with van der Waals surface area (Å²) in [7, 11) is 0. The van der Waals surface area contributed by atoms with Gasteiger partial charge in [0.15, 0.2) is 0 Å². The molecule has 2 heteroatoms. The minimum Gasteiger partial charge on any atom is -0.324 e. The monoisotopic (exact) mass is 245 g/mol. The second-order valence-corrected chi connectivity index (χ2v) is 4.54. The maximum Gasteiger partial charge on any atom is 0.0266 e. The summed E-state index contributed by atoms with van der Waals surface area (Å²) in [6, 6.07) is 15.3. The van der Waals surface area contributed by atoms with E-state index in [1.807, 2.05) is 6.92 Å². The van der Waals surface area contributed by atoms with Gasteiger partial charge in [-0.05, 0) is 41.2 Å². The van der Waals surface area contributed by atoms with Crippen LogP contribution in [-0.2, 0) is 6.42 Å². The van der Waals surface area contributed by atoms with Crippen molar-refractivity contribution < 1.29 is 0 Å². The maximum absolute atomic E-state index is 5.91. The smallest absolute Gasteiger partial charge is 0.0266 e. The van der Waals surface area contributed by atoms with Gasteiger partial charge < -0.3 is 5.73 Å². The summed E-state index contributed by atoms with van der Waals surface area (Å²) in [5.74, 6) is 0. The zero-order chi connectivity index (χ0) is 11.1. The number of halogens is 1. The lowest BCUT2D eigenvalue weighted by molar-refractivity contribution is 0.816. The molecule has 1 atom stereocenters. The van der Waals surface area contributed by atoms with Crippen LogP contribution >= 0.6 is 12.4 Å².